The van der Waals surface area contributed by atoms with Crippen molar-refractivity contribution in [3.63, 3.8) is 0 Å². The lowest BCUT2D eigenvalue weighted by molar-refractivity contribution is 0.0955. The van der Waals surface area contributed by atoms with Gasteiger partial charge < -0.3 is 20.6 Å². The number of nitrogens with one attached hydrogen (secondary N) is 2. The summed E-state index contributed by atoms with van der Waals surface area (Å²) in [5, 5.41) is 15.3. The highest BCUT2D eigenvalue weighted by atomic mass is 127. The Balaban J connectivity index is 0.00000364. The van der Waals surface area contributed by atoms with Gasteiger partial charge in [-0.1, -0.05) is 11.6 Å². The van der Waals surface area contributed by atoms with E-state index < -0.39 is 0 Å². The van der Waals surface area contributed by atoms with Crippen molar-refractivity contribution in [2.45, 2.75) is 13.5 Å². The van der Waals surface area contributed by atoms with Gasteiger partial charge in [-0.3, -0.25) is 9.79 Å². The number of aliphatic imine (C=N–C) groups is 1. The molecule has 1 aromatic heterocycles. The molecule has 2 rings (SSSR count). The molecule has 0 aliphatic rings. The van der Waals surface area contributed by atoms with Crippen LogP contribution in [0, 0.1) is 0 Å². The van der Waals surface area contributed by atoms with Crippen molar-refractivity contribution in [3.8, 4) is 5.75 Å². The van der Waals surface area contributed by atoms with Crippen LogP contribution in [0.25, 0.3) is 0 Å². The van der Waals surface area contributed by atoms with E-state index in [4.69, 9.17) is 11.6 Å². The van der Waals surface area contributed by atoms with Crippen LogP contribution < -0.4 is 10.6 Å². The number of phenols is 1. The Labute approximate surface area is 185 Å². The fourth-order valence-electron chi connectivity index (χ4n) is 2.26. The number of benzene rings is 1. The number of nitrogens with zero attached hydrogens (tertiary/aromatic N) is 2. The maximum absolute atomic E-state index is 12.0. The molecular weight excluding hydrogens is 499 g/mol. The first-order valence-corrected chi connectivity index (χ1v) is 9.50. The van der Waals surface area contributed by atoms with Crippen LogP contribution in [0.2, 0.25) is 4.34 Å². The number of hydrogen-bond donors (Lipinski definition) is 3. The molecule has 0 aliphatic carbocycles. The summed E-state index contributed by atoms with van der Waals surface area (Å²) in [6, 6.07) is 10.0. The van der Waals surface area contributed by atoms with E-state index in [1.165, 1.54) is 12.1 Å². The number of halogens is 2. The van der Waals surface area contributed by atoms with E-state index in [0.717, 1.165) is 21.7 Å². The fraction of sp³-hybridized carbons (Fsp3) is 0.333. The maximum Gasteiger partial charge on any atom is 0.251 e. The first-order chi connectivity index (χ1) is 12.5. The molecule has 0 unspecified atom stereocenters. The van der Waals surface area contributed by atoms with Crippen molar-refractivity contribution in [2.75, 3.05) is 26.7 Å². The number of carbonyl (C=O) groups excluding carboxylic acids is 1. The van der Waals surface area contributed by atoms with E-state index in [-0.39, 0.29) is 35.6 Å². The first kappa shape index (κ1) is 23.5. The standard InChI is InChI=1S/C18H23ClN4O2S.HI/c1-3-20-18(23(2)12-15-8-9-16(19)26-15)22-11-10-21-17(25)13-4-6-14(24)7-5-13;/h4-9,24H,3,10-12H2,1-2H3,(H,20,22)(H,21,25);1H. The second kappa shape index (κ2) is 12.0. The van der Waals surface area contributed by atoms with Crippen LogP contribution in [0.15, 0.2) is 41.4 Å². The number of hydrogen-bond acceptors (Lipinski definition) is 4. The van der Waals surface area contributed by atoms with Crippen LogP contribution in [0.3, 0.4) is 0 Å². The van der Waals surface area contributed by atoms with Crippen LogP contribution in [-0.4, -0.2) is 48.6 Å². The Morgan fingerprint density at radius 2 is 1.93 bits per heavy atom. The molecule has 0 atom stereocenters. The number of aromatic hydroxyl groups is 1. The van der Waals surface area contributed by atoms with Crippen molar-refractivity contribution in [1.29, 1.82) is 0 Å². The molecule has 9 heteroatoms. The number of rotatable bonds is 7. The number of guanidine groups is 1. The lowest BCUT2D eigenvalue weighted by Gasteiger charge is -2.21. The third-order valence-electron chi connectivity index (χ3n) is 3.51. The lowest BCUT2D eigenvalue weighted by atomic mass is 10.2. The Bertz CT molecular complexity index is 752. The van der Waals surface area contributed by atoms with E-state index in [1.54, 1.807) is 23.5 Å². The van der Waals surface area contributed by atoms with E-state index in [2.05, 4.69) is 15.6 Å². The van der Waals surface area contributed by atoms with Crippen LogP contribution in [0.4, 0.5) is 0 Å². The maximum atomic E-state index is 12.0. The minimum Gasteiger partial charge on any atom is -0.508 e. The first-order valence-electron chi connectivity index (χ1n) is 8.30. The van der Waals surface area contributed by atoms with Crippen LogP contribution in [-0.2, 0) is 6.54 Å². The SMILES string of the molecule is CCNC(=NCCNC(=O)c1ccc(O)cc1)N(C)Cc1ccc(Cl)s1.I. The highest BCUT2D eigenvalue weighted by Gasteiger charge is 2.08. The van der Waals surface area contributed by atoms with Crippen LogP contribution >= 0.6 is 46.9 Å². The van der Waals surface area contributed by atoms with E-state index in [9.17, 15) is 9.90 Å². The molecule has 0 fully saturated rings. The highest BCUT2D eigenvalue weighted by Crippen LogP contribution is 2.22. The van der Waals surface area contributed by atoms with Crippen LogP contribution in [0.1, 0.15) is 22.2 Å². The molecule has 6 nitrogen and oxygen atoms in total. The summed E-state index contributed by atoms with van der Waals surface area (Å²) in [5.41, 5.74) is 0.505. The molecule has 27 heavy (non-hydrogen) atoms. The summed E-state index contributed by atoms with van der Waals surface area (Å²) in [7, 11) is 1.96. The van der Waals surface area contributed by atoms with Gasteiger partial charge in [0.2, 0.25) is 0 Å². The van der Waals surface area contributed by atoms with Crippen molar-refractivity contribution in [2.24, 2.45) is 4.99 Å². The molecule has 1 aromatic carbocycles. The average Bonchev–Trinajstić information content (AvgIpc) is 3.02. The minimum absolute atomic E-state index is 0. The predicted octanol–water partition coefficient (Wildman–Crippen LogP) is 3.55. The van der Waals surface area contributed by atoms with Gasteiger partial charge in [0.15, 0.2) is 5.96 Å². The van der Waals surface area contributed by atoms with Crippen molar-refractivity contribution < 1.29 is 9.90 Å². The van der Waals surface area contributed by atoms with Gasteiger partial charge in [-0.15, -0.1) is 35.3 Å². The fourth-order valence-corrected chi connectivity index (χ4v) is 3.40. The van der Waals surface area contributed by atoms with E-state index >= 15 is 0 Å². The van der Waals surface area contributed by atoms with Gasteiger partial charge in [0, 0.05) is 30.6 Å². The zero-order chi connectivity index (χ0) is 18.9. The summed E-state index contributed by atoms with van der Waals surface area (Å²) in [6.07, 6.45) is 0. The molecule has 2 aromatic rings. The van der Waals surface area contributed by atoms with Gasteiger partial charge in [0.05, 0.1) is 17.4 Å². The topological polar surface area (TPSA) is 77.0 Å². The zero-order valence-electron chi connectivity index (χ0n) is 15.2. The molecule has 148 valence electrons. The Hall–Kier alpha value is -1.52. The van der Waals surface area contributed by atoms with Gasteiger partial charge in [0.1, 0.15) is 5.75 Å². The number of thiophene rings is 1. The molecule has 3 N–H and O–H groups in total. The van der Waals surface area contributed by atoms with Crippen molar-refractivity contribution in [3.05, 3.63) is 51.2 Å². The monoisotopic (exact) mass is 522 g/mol. The Morgan fingerprint density at radius 1 is 1.22 bits per heavy atom. The molecule has 0 saturated carbocycles. The lowest BCUT2D eigenvalue weighted by Crippen LogP contribution is -2.39. The summed E-state index contributed by atoms with van der Waals surface area (Å²) in [6.45, 7) is 4.37. The highest BCUT2D eigenvalue weighted by molar-refractivity contribution is 14.0. The largest absolute Gasteiger partial charge is 0.508 e. The molecule has 0 saturated heterocycles. The molecule has 1 heterocycles. The normalized spacial score (nSPS) is 10.9. The smallest absolute Gasteiger partial charge is 0.251 e. The van der Waals surface area contributed by atoms with Crippen LogP contribution in [0.5, 0.6) is 5.75 Å². The zero-order valence-corrected chi connectivity index (χ0v) is 19.1. The molecular formula is C18H24ClIN4O2S. The molecule has 0 bridgehead atoms. The van der Waals surface area contributed by atoms with Crippen molar-refractivity contribution in [1.82, 2.24) is 15.5 Å². The van der Waals surface area contributed by atoms with Gasteiger partial charge in [-0.2, -0.15) is 0 Å². The van der Waals surface area contributed by atoms with Crippen molar-refractivity contribution >= 4 is 58.8 Å². The van der Waals surface area contributed by atoms with Gasteiger partial charge in [0.25, 0.3) is 5.91 Å². The Kier molecular flexibility index (Phi) is 10.5. The molecule has 0 radical (unpaired) electrons. The predicted molar refractivity (Wildman–Crippen MR) is 123 cm³/mol. The quantitative estimate of drug-likeness (QED) is 0.225. The summed E-state index contributed by atoms with van der Waals surface area (Å²) >= 11 is 7.52. The Morgan fingerprint density at radius 3 is 2.52 bits per heavy atom. The number of amides is 1. The minimum atomic E-state index is -0.188. The number of carbonyl (C=O) groups is 1. The molecule has 0 aliphatic heterocycles. The third kappa shape index (κ3) is 7.94. The summed E-state index contributed by atoms with van der Waals surface area (Å²) < 4.78 is 0.771. The average molecular weight is 523 g/mol. The summed E-state index contributed by atoms with van der Waals surface area (Å²) in [5.74, 6) is 0.721. The van der Waals surface area contributed by atoms with Gasteiger partial charge in [-0.25, -0.2) is 0 Å². The second-order valence-electron chi connectivity index (χ2n) is 5.60. The third-order valence-corrected chi connectivity index (χ3v) is 4.72. The number of phenolic OH excluding ortho intramolecular Hbond substituents is 1. The van der Waals surface area contributed by atoms with Gasteiger partial charge in [-0.05, 0) is 43.3 Å². The molecule has 0 spiro atoms. The second-order valence-corrected chi connectivity index (χ2v) is 7.40. The van der Waals surface area contributed by atoms with Gasteiger partial charge >= 0.3 is 0 Å². The summed E-state index contributed by atoms with van der Waals surface area (Å²) in [4.78, 5) is 19.7. The van der Waals surface area contributed by atoms with E-state index in [0.29, 0.717) is 25.2 Å². The molecule has 1 amide bonds. The van der Waals surface area contributed by atoms with E-state index in [1.807, 2.05) is 31.0 Å².